The molecule has 2 aliphatic rings. The van der Waals surface area contributed by atoms with Crippen molar-refractivity contribution in [3.05, 3.63) is 64.2 Å². The number of aromatic nitrogens is 5. The number of hydrogen-bond donors (Lipinski definition) is 1. The molecule has 204 valence electrons. The van der Waals surface area contributed by atoms with E-state index in [2.05, 4.69) is 63.2 Å². The first-order chi connectivity index (χ1) is 18.9. The van der Waals surface area contributed by atoms with Gasteiger partial charge in [-0.25, -0.2) is 4.68 Å². The highest BCUT2D eigenvalue weighted by Crippen LogP contribution is 2.37. The van der Waals surface area contributed by atoms with E-state index in [1.807, 2.05) is 35.0 Å². The van der Waals surface area contributed by atoms with Gasteiger partial charge >= 0.3 is 0 Å². The van der Waals surface area contributed by atoms with E-state index < -0.39 is 6.04 Å². The molecular weight excluding hydrogens is 498 g/mol. The minimum Gasteiger partial charge on any atom is -0.497 e. The summed E-state index contributed by atoms with van der Waals surface area (Å²) >= 11 is 0. The van der Waals surface area contributed by atoms with Gasteiger partial charge in [-0.15, -0.1) is 5.10 Å². The maximum atomic E-state index is 13.6. The molecule has 0 bridgehead atoms. The molecule has 0 unspecified atom stereocenters. The number of aromatic amines is 1. The number of nitrogens with zero attached hydrogens (tertiary/aromatic N) is 6. The summed E-state index contributed by atoms with van der Waals surface area (Å²) in [6, 6.07) is 13.3. The van der Waals surface area contributed by atoms with Gasteiger partial charge in [0, 0.05) is 54.9 Å². The third-order valence-corrected chi connectivity index (χ3v) is 7.94. The Morgan fingerprint density at radius 3 is 2.59 bits per heavy atom. The molecule has 0 saturated carbocycles. The number of methoxy groups -OCH3 is 1. The van der Waals surface area contributed by atoms with E-state index in [1.54, 1.807) is 7.11 Å². The lowest BCUT2D eigenvalue weighted by atomic mass is 9.98. The Hall–Kier alpha value is -4.12. The van der Waals surface area contributed by atoms with Crippen molar-refractivity contribution in [3.63, 3.8) is 0 Å². The van der Waals surface area contributed by atoms with Crippen LogP contribution in [0.4, 0.5) is 5.69 Å². The van der Waals surface area contributed by atoms with Crippen LogP contribution in [0, 0.1) is 0 Å². The second kappa shape index (κ2) is 9.88. The third-order valence-electron chi connectivity index (χ3n) is 7.94. The topological polar surface area (TPSA) is 111 Å². The van der Waals surface area contributed by atoms with Gasteiger partial charge in [0.1, 0.15) is 11.8 Å². The minimum absolute atomic E-state index is 0.170. The SMILES string of the molecule is CCC(C)(C)n1nnnc1[C@@H](c1cc2cc3c(cc2[nH]c1=O)OCO3)N1CCN(c2cccc(OC)c2)CC1. The molecule has 0 radical (unpaired) electrons. The zero-order chi connectivity index (χ0) is 27.1. The highest BCUT2D eigenvalue weighted by molar-refractivity contribution is 5.83. The summed E-state index contributed by atoms with van der Waals surface area (Å²) in [6.45, 7) is 9.51. The Bertz CT molecular complexity index is 1560. The van der Waals surface area contributed by atoms with Crippen LogP contribution in [0.25, 0.3) is 10.9 Å². The Labute approximate surface area is 226 Å². The van der Waals surface area contributed by atoms with Gasteiger partial charge in [0.15, 0.2) is 17.3 Å². The molecule has 0 spiro atoms. The van der Waals surface area contributed by atoms with Gasteiger partial charge < -0.3 is 24.1 Å². The molecule has 0 aliphatic carbocycles. The first-order valence-electron chi connectivity index (χ1n) is 13.3. The summed E-state index contributed by atoms with van der Waals surface area (Å²) in [6.07, 6.45) is 0.832. The zero-order valence-corrected chi connectivity index (χ0v) is 22.7. The lowest BCUT2D eigenvalue weighted by molar-refractivity contribution is 0.174. The molecule has 1 N–H and O–H groups in total. The van der Waals surface area contributed by atoms with Gasteiger partial charge in [-0.2, -0.15) is 0 Å². The highest BCUT2D eigenvalue weighted by atomic mass is 16.7. The summed E-state index contributed by atoms with van der Waals surface area (Å²) in [5, 5.41) is 13.8. The Morgan fingerprint density at radius 1 is 1.08 bits per heavy atom. The summed E-state index contributed by atoms with van der Waals surface area (Å²) in [5.41, 5.74) is 1.91. The Balaban J connectivity index is 1.40. The smallest absolute Gasteiger partial charge is 0.253 e. The number of hydrogen-bond acceptors (Lipinski definition) is 9. The number of ether oxygens (including phenoxy) is 3. The Morgan fingerprint density at radius 2 is 1.85 bits per heavy atom. The van der Waals surface area contributed by atoms with Crippen LogP contribution in [0.3, 0.4) is 0 Å². The van der Waals surface area contributed by atoms with Crippen molar-refractivity contribution in [3.8, 4) is 17.2 Å². The maximum absolute atomic E-state index is 13.6. The molecule has 1 saturated heterocycles. The number of pyridine rings is 1. The van der Waals surface area contributed by atoms with Gasteiger partial charge in [-0.3, -0.25) is 9.69 Å². The lowest BCUT2D eigenvalue weighted by Crippen LogP contribution is -2.49. The van der Waals surface area contributed by atoms with Crippen LogP contribution in [0.2, 0.25) is 0 Å². The van der Waals surface area contributed by atoms with Crippen molar-refractivity contribution in [2.45, 2.75) is 38.8 Å². The number of anilines is 1. The lowest BCUT2D eigenvalue weighted by Gasteiger charge is -2.40. The van der Waals surface area contributed by atoms with E-state index in [0.29, 0.717) is 28.4 Å². The number of rotatable bonds is 7. The maximum Gasteiger partial charge on any atom is 0.253 e. The molecule has 1 fully saturated rings. The summed E-state index contributed by atoms with van der Waals surface area (Å²) < 4.78 is 18.4. The van der Waals surface area contributed by atoms with Gasteiger partial charge in [0.25, 0.3) is 5.56 Å². The van der Waals surface area contributed by atoms with E-state index >= 15 is 0 Å². The molecule has 4 aromatic rings. The fourth-order valence-corrected chi connectivity index (χ4v) is 5.31. The number of benzene rings is 2. The fraction of sp³-hybridized carbons (Fsp3) is 0.429. The van der Waals surface area contributed by atoms with Crippen LogP contribution in [0.1, 0.15) is 44.6 Å². The first kappa shape index (κ1) is 25.2. The van der Waals surface area contributed by atoms with Gasteiger partial charge in [0.05, 0.1) is 18.2 Å². The molecule has 0 amide bonds. The van der Waals surface area contributed by atoms with Crippen molar-refractivity contribution in [1.82, 2.24) is 30.1 Å². The normalized spacial score (nSPS) is 16.6. The summed E-state index contributed by atoms with van der Waals surface area (Å²) in [5.74, 6) is 2.78. The number of nitrogens with one attached hydrogen (secondary N) is 1. The van der Waals surface area contributed by atoms with Crippen LogP contribution in [0.5, 0.6) is 17.2 Å². The molecule has 4 heterocycles. The quantitative estimate of drug-likeness (QED) is 0.384. The van der Waals surface area contributed by atoms with E-state index in [9.17, 15) is 4.79 Å². The molecule has 2 aromatic heterocycles. The van der Waals surface area contributed by atoms with Gasteiger partial charge in [-0.05, 0) is 55.0 Å². The standard InChI is InChI=1S/C28H33N7O4/c1-5-28(2,3)35-26(30-31-32-35)25(34-11-9-33(10-12-34)19-7-6-8-20(15-19)37-4)21-13-18-14-23-24(39-17-38-23)16-22(18)29-27(21)36/h6-8,13-16,25H,5,9-12,17H2,1-4H3,(H,29,36)/t25-/m1/s1. The second-order valence-electron chi connectivity index (χ2n) is 10.6. The van der Waals surface area contributed by atoms with E-state index in [4.69, 9.17) is 14.2 Å². The molecule has 11 nitrogen and oxygen atoms in total. The molecule has 2 aliphatic heterocycles. The molecular formula is C28H33N7O4. The van der Waals surface area contributed by atoms with Gasteiger partial charge in [-0.1, -0.05) is 13.0 Å². The number of fused-ring (bicyclic) bond motifs is 2. The molecule has 1 atom stereocenters. The number of tetrazole rings is 1. The average molecular weight is 532 g/mol. The number of piperazine rings is 1. The molecule has 2 aromatic carbocycles. The largest absolute Gasteiger partial charge is 0.497 e. The molecule has 6 rings (SSSR count). The fourth-order valence-electron chi connectivity index (χ4n) is 5.31. The highest BCUT2D eigenvalue weighted by Gasteiger charge is 2.36. The van der Waals surface area contributed by atoms with Crippen LogP contribution >= 0.6 is 0 Å². The summed E-state index contributed by atoms with van der Waals surface area (Å²) in [7, 11) is 1.68. The molecule has 39 heavy (non-hydrogen) atoms. The van der Waals surface area contributed by atoms with Crippen LogP contribution in [-0.4, -0.2) is 70.2 Å². The Kier molecular flexibility index (Phi) is 6.38. The molecule has 11 heteroatoms. The monoisotopic (exact) mass is 531 g/mol. The summed E-state index contributed by atoms with van der Waals surface area (Å²) in [4.78, 5) is 21.3. The number of H-pyrrole nitrogens is 1. The zero-order valence-electron chi connectivity index (χ0n) is 22.7. The van der Waals surface area contributed by atoms with E-state index in [1.165, 1.54) is 0 Å². The van der Waals surface area contributed by atoms with Crippen LogP contribution in [-0.2, 0) is 5.54 Å². The van der Waals surface area contributed by atoms with Gasteiger partial charge in [0.2, 0.25) is 6.79 Å². The first-order valence-corrected chi connectivity index (χ1v) is 13.3. The predicted molar refractivity (Wildman–Crippen MR) is 147 cm³/mol. The van der Waals surface area contributed by atoms with Crippen LogP contribution in [0.15, 0.2) is 47.3 Å². The van der Waals surface area contributed by atoms with Crippen molar-refractivity contribution >= 4 is 16.6 Å². The third kappa shape index (κ3) is 4.56. The van der Waals surface area contributed by atoms with E-state index in [-0.39, 0.29) is 17.9 Å². The average Bonchev–Trinajstić information content (AvgIpc) is 3.63. The van der Waals surface area contributed by atoms with Crippen molar-refractivity contribution < 1.29 is 14.2 Å². The minimum atomic E-state index is -0.433. The van der Waals surface area contributed by atoms with Crippen molar-refractivity contribution in [2.75, 3.05) is 45.0 Å². The van der Waals surface area contributed by atoms with Crippen molar-refractivity contribution in [2.24, 2.45) is 0 Å². The predicted octanol–water partition coefficient (Wildman–Crippen LogP) is 3.31. The second-order valence-corrected chi connectivity index (χ2v) is 10.6. The van der Waals surface area contributed by atoms with Crippen molar-refractivity contribution in [1.29, 1.82) is 0 Å². The van der Waals surface area contributed by atoms with Crippen LogP contribution < -0.4 is 24.7 Å². The van der Waals surface area contributed by atoms with E-state index in [0.717, 1.165) is 49.4 Å².